The van der Waals surface area contributed by atoms with Crippen molar-refractivity contribution in [1.29, 1.82) is 0 Å². The minimum absolute atomic E-state index is 0.0509. The van der Waals surface area contributed by atoms with Crippen LogP contribution in [0.3, 0.4) is 0 Å². The third kappa shape index (κ3) is 14.6. The predicted octanol–water partition coefficient (Wildman–Crippen LogP) is 6.41. The number of rotatable bonds is 9. The molecule has 2 rings (SSSR count). The zero-order valence-corrected chi connectivity index (χ0v) is 26.5. The quantitative estimate of drug-likeness (QED) is 0.306. The average molecular weight is 684 g/mol. The molecule has 2 heterocycles. The van der Waals surface area contributed by atoms with Crippen molar-refractivity contribution in [2.45, 2.75) is 67.3 Å². The third-order valence-corrected chi connectivity index (χ3v) is 5.78. The number of esters is 2. The Kier molecular flexibility index (Phi) is 17.7. The van der Waals surface area contributed by atoms with Gasteiger partial charge in [-0.1, -0.05) is 34.6 Å². The number of nitrogens with one attached hydrogen (secondary N) is 1. The summed E-state index contributed by atoms with van der Waals surface area (Å²) in [5, 5.41) is 0. The molecule has 2 aromatic rings. The van der Waals surface area contributed by atoms with Crippen molar-refractivity contribution in [3.63, 3.8) is 0 Å². The van der Waals surface area contributed by atoms with Crippen molar-refractivity contribution < 1.29 is 27.8 Å². The van der Waals surface area contributed by atoms with Crippen LogP contribution in [-0.4, -0.2) is 34.7 Å². The van der Waals surface area contributed by atoms with Crippen molar-refractivity contribution >= 4 is 43.8 Å². The molecule has 1 N–H and O–H groups in total. The van der Waals surface area contributed by atoms with Gasteiger partial charge in [0.25, 0.3) is 11.1 Å². The number of pyridine rings is 2. The van der Waals surface area contributed by atoms with Crippen LogP contribution in [0.25, 0.3) is 0 Å². The molecule has 0 saturated carbocycles. The van der Waals surface area contributed by atoms with E-state index in [1.54, 1.807) is 6.92 Å². The molecule has 0 saturated heterocycles. The second kappa shape index (κ2) is 18.9. The number of halogens is 4. The van der Waals surface area contributed by atoms with Gasteiger partial charge in [-0.2, -0.15) is 0 Å². The van der Waals surface area contributed by atoms with E-state index >= 15 is 0 Å². The van der Waals surface area contributed by atoms with Crippen LogP contribution in [0.4, 0.5) is 8.78 Å². The maximum atomic E-state index is 13.5. The van der Waals surface area contributed by atoms with Gasteiger partial charge in [0, 0.05) is 21.3 Å². The number of carbonyl (C=O) groups excluding carboxylic acids is 2. The van der Waals surface area contributed by atoms with Crippen molar-refractivity contribution in [2.75, 3.05) is 13.2 Å². The summed E-state index contributed by atoms with van der Waals surface area (Å²) in [5.41, 5.74) is -1.51. The molecule has 0 radical (unpaired) electrons. The van der Waals surface area contributed by atoms with E-state index in [9.17, 15) is 28.0 Å². The molecule has 0 aliphatic carbocycles. The zero-order valence-electron chi connectivity index (χ0n) is 23.4. The standard InChI is InChI=1S/C13H17BrFNO3.C9H18O2.C5H3BrFNO/c1-4-19-13(18)11(5-8(2)3)16-7-9(14)6-10(15)12(16)17;1-5-11-9(10)8(4)6-7(2)3;6-3-1-4(7)5(9)8-2-3/h6-8,11H,4-5H2,1-3H3;7-8H,5-6H2,1-4H3;1-2H,(H,8,9). The highest BCUT2D eigenvalue weighted by Crippen LogP contribution is 2.20. The van der Waals surface area contributed by atoms with Crippen molar-refractivity contribution in [1.82, 2.24) is 9.55 Å². The van der Waals surface area contributed by atoms with Crippen LogP contribution >= 0.6 is 31.9 Å². The van der Waals surface area contributed by atoms with Gasteiger partial charge in [-0.25, -0.2) is 13.6 Å². The Hall–Kier alpha value is -2.34. The Labute approximate surface area is 244 Å². The van der Waals surface area contributed by atoms with Crippen molar-refractivity contribution in [3.8, 4) is 0 Å². The summed E-state index contributed by atoms with van der Waals surface area (Å²) in [7, 11) is 0. The monoisotopic (exact) mass is 682 g/mol. The van der Waals surface area contributed by atoms with E-state index in [0.29, 0.717) is 27.9 Å². The van der Waals surface area contributed by atoms with Gasteiger partial charge in [0.2, 0.25) is 0 Å². The van der Waals surface area contributed by atoms with E-state index in [1.807, 2.05) is 27.7 Å². The second-order valence-corrected chi connectivity index (χ2v) is 11.2. The Morgan fingerprint density at radius 2 is 1.38 bits per heavy atom. The molecule has 8 nitrogen and oxygen atoms in total. The summed E-state index contributed by atoms with van der Waals surface area (Å²) >= 11 is 6.10. The molecule has 0 fully saturated rings. The van der Waals surface area contributed by atoms with Gasteiger partial charge in [-0.05, 0) is 82.5 Å². The summed E-state index contributed by atoms with van der Waals surface area (Å²) in [6.07, 6.45) is 4.12. The molecule has 220 valence electrons. The van der Waals surface area contributed by atoms with E-state index in [2.05, 4.69) is 50.7 Å². The van der Waals surface area contributed by atoms with Crippen LogP contribution in [0.15, 0.2) is 43.1 Å². The van der Waals surface area contributed by atoms with E-state index in [1.165, 1.54) is 12.4 Å². The number of aromatic amines is 1. The highest BCUT2D eigenvalue weighted by atomic mass is 79.9. The van der Waals surface area contributed by atoms with Gasteiger partial charge in [-0.15, -0.1) is 0 Å². The first kappa shape index (κ1) is 36.7. The van der Waals surface area contributed by atoms with E-state index in [0.717, 1.165) is 23.1 Å². The number of aromatic nitrogens is 2. The van der Waals surface area contributed by atoms with E-state index < -0.39 is 34.8 Å². The number of H-pyrrole nitrogens is 1. The third-order valence-electron chi connectivity index (χ3n) is 4.89. The zero-order chi connectivity index (χ0) is 30.3. The summed E-state index contributed by atoms with van der Waals surface area (Å²) in [4.78, 5) is 47.3. The average Bonchev–Trinajstić information content (AvgIpc) is 2.83. The summed E-state index contributed by atoms with van der Waals surface area (Å²) in [6.45, 7) is 14.2. The van der Waals surface area contributed by atoms with Gasteiger partial charge in [0.1, 0.15) is 6.04 Å². The van der Waals surface area contributed by atoms with Gasteiger partial charge in [-0.3, -0.25) is 19.0 Å². The smallest absolute Gasteiger partial charge is 0.329 e. The van der Waals surface area contributed by atoms with Crippen molar-refractivity contribution in [2.24, 2.45) is 17.8 Å². The summed E-state index contributed by atoms with van der Waals surface area (Å²) in [6, 6.07) is 1.38. The van der Waals surface area contributed by atoms with E-state index in [4.69, 9.17) is 9.47 Å². The number of carbonyl (C=O) groups is 2. The largest absolute Gasteiger partial charge is 0.466 e. The lowest BCUT2D eigenvalue weighted by Crippen LogP contribution is -2.33. The number of hydrogen-bond donors (Lipinski definition) is 1. The maximum Gasteiger partial charge on any atom is 0.329 e. The fraction of sp³-hybridized carbons (Fsp3) is 0.556. The first-order valence-electron chi connectivity index (χ1n) is 12.6. The first-order chi connectivity index (χ1) is 18.1. The Morgan fingerprint density at radius 1 is 0.872 bits per heavy atom. The molecule has 2 aromatic heterocycles. The predicted molar refractivity (Wildman–Crippen MR) is 153 cm³/mol. The molecule has 0 amide bonds. The SMILES string of the molecule is CCOC(=O)C(C)CC(C)C.CCOC(=O)C(CC(C)C)n1cc(Br)cc(F)c1=O.O=c1[nH]cc(Br)cc1F. The molecule has 39 heavy (non-hydrogen) atoms. The lowest BCUT2D eigenvalue weighted by atomic mass is 9.99. The molecule has 0 bridgehead atoms. The topological polar surface area (TPSA) is 107 Å². The molecule has 2 unspecified atom stereocenters. The number of nitrogens with zero attached hydrogens (tertiary/aromatic N) is 1. The van der Waals surface area contributed by atoms with Gasteiger partial charge >= 0.3 is 11.9 Å². The number of hydrogen-bond acceptors (Lipinski definition) is 6. The minimum Gasteiger partial charge on any atom is -0.466 e. The Bertz CT molecular complexity index is 1170. The van der Waals surface area contributed by atoms with Crippen LogP contribution in [0.5, 0.6) is 0 Å². The maximum absolute atomic E-state index is 13.5. The van der Waals surface area contributed by atoms with Crippen LogP contribution in [0.1, 0.15) is 67.3 Å². The first-order valence-corrected chi connectivity index (χ1v) is 14.2. The molecule has 0 spiro atoms. The molecular weight excluding hydrogens is 646 g/mol. The molecule has 12 heteroatoms. The van der Waals surface area contributed by atoms with Crippen LogP contribution in [0.2, 0.25) is 0 Å². The molecule has 0 aliphatic heterocycles. The fourth-order valence-corrected chi connectivity index (χ4v) is 4.03. The molecular formula is C27H38Br2F2N2O6. The van der Waals surface area contributed by atoms with Crippen LogP contribution < -0.4 is 11.1 Å². The van der Waals surface area contributed by atoms with Crippen molar-refractivity contribution in [3.05, 3.63) is 65.8 Å². The summed E-state index contributed by atoms with van der Waals surface area (Å²) < 4.78 is 37.5. The Morgan fingerprint density at radius 3 is 1.85 bits per heavy atom. The lowest BCUT2D eigenvalue weighted by Gasteiger charge is -2.20. The Balaban J connectivity index is 0.000000611. The normalized spacial score (nSPS) is 12.0. The van der Waals surface area contributed by atoms with Gasteiger partial charge < -0.3 is 14.5 Å². The second-order valence-electron chi connectivity index (χ2n) is 9.39. The van der Waals surface area contributed by atoms with Crippen LogP contribution in [0, 0.1) is 29.4 Å². The molecule has 0 aliphatic rings. The van der Waals surface area contributed by atoms with Crippen LogP contribution in [-0.2, 0) is 19.1 Å². The van der Waals surface area contributed by atoms with Gasteiger partial charge in [0.15, 0.2) is 11.6 Å². The highest BCUT2D eigenvalue weighted by molar-refractivity contribution is 9.10. The summed E-state index contributed by atoms with van der Waals surface area (Å²) in [5.74, 6) is -1.47. The highest BCUT2D eigenvalue weighted by Gasteiger charge is 2.25. The lowest BCUT2D eigenvalue weighted by molar-refractivity contribution is -0.148. The number of ether oxygens (including phenoxy) is 2. The molecule has 0 aromatic carbocycles. The minimum atomic E-state index is -0.896. The molecule has 2 atom stereocenters. The van der Waals surface area contributed by atoms with Gasteiger partial charge in [0.05, 0.1) is 19.1 Å². The fourth-order valence-electron chi connectivity index (χ4n) is 3.29. The van der Waals surface area contributed by atoms with E-state index in [-0.39, 0.29) is 24.4 Å².